The molecule has 1 fully saturated rings. The Bertz CT molecular complexity index is 470. The third-order valence-electron chi connectivity index (χ3n) is 3.38. The van der Waals surface area contributed by atoms with Crippen LogP contribution in [0.5, 0.6) is 0 Å². The van der Waals surface area contributed by atoms with E-state index in [2.05, 4.69) is 10.6 Å². The average molecular weight is 296 g/mol. The molecule has 1 aliphatic heterocycles. The van der Waals surface area contributed by atoms with E-state index in [9.17, 15) is 20.1 Å². The number of carbonyl (C=O) groups is 1. The molecule has 1 heterocycles. The predicted octanol–water partition coefficient (Wildman–Crippen LogP) is -0.958. The van der Waals surface area contributed by atoms with Crippen LogP contribution in [0.25, 0.3) is 0 Å². The molecule has 1 amide bonds. The maximum Gasteiger partial charge on any atom is 0.217 e. The number of ether oxygens (including phenoxy) is 1. The van der Waals surface area contributed by atoms with Gasteiger partial charge in [-0.05, 0) is 12.1 Å². The van der Waals surface area contributed by atoms with E-state index in [1.165, 1.54) is 6.92 Å². The lowest BCUT2D eigenvalue weighted by atomic mass is 9.96. The molecule has 0 radical (unpaired) electrons. The van der Waals surface area contributed by atoms with Crippen LogP contribution in [0.2, 0.25) is 0 Å². The molecule has 0 aliphatic carbocycles. The molecule has 21 heavy (non-hydrogen) atoms. The number of carbonyl (C=O) groups excluding carboxylic acids is 1. The lowest BCUT2D eigenvalue weighted by Gasteiger charge is -2.43. The highest BCUT2D eigenvalue weighted by Crippen LogP contribution is 2.22. The fourth-order valence-corrected chi connectivity index (χ4v) is 2.33. The maximum atomic E-state index is 11.3. The molecule has 7 heteroatoms. The van der Waals surface area contributed by atoms with Crippen LogP contribution in [-0.2, 0) is 9.53 Å². The molecule has 5 unspecified atom stereocenters. The molecule has 1 saturated heterocycles. The van der Waals surface area contributed by atoms with Crippen molar-refractivity contribution in [3.63, 3.8) is 0 Å². The molecular weight excluding hydrogens is 276 g/mol. The summed E-state index contributed by atoms with van der Waals surface area (Å²) in [5.74, 6) is -0.350. The quantitative estimate of drug-likeness (QED) is 0.489. The number of rotatable bonds is 4. The Morgan fingerprint density at radius 2 is 1.90 bits per heavy atom. The van der Waals surface area contributed by atoms with Crippen LogP contribution in [0.3, 0.4) is 0 Å². The molecule has 0 bridgehead atoms. The first-order valence-corrected chi connectivity index (χ1v) is 6.74. The second-order valence-electron chi connectivity index (χ2n) is 5.00. The summed E-state index contributed by atoms with van der Waals surface area (Å²) in [6.07, 6.45) is -4.22. The van der Waals surface area contributed by atoms with E-state index in [1.807, 2.05) is 18.2 Å². The van der Waals surface area contributed by atoms with Crippen molar-refractivity contribution in [1.82, 2.24) is 5.32 Å². The molecule has 2 rings (SSSR count). The maximum absolute atomic E-state index is 11.3. The van der Waals surface area contributed by atoms with Gasteiger partial charge in [-0.1, -0.05) is 18.2 Å². The van der Waals surface area contributed by atoms with Crippen LogP contribution in [0.1, 0.15) is 6.92 Å². The fraction of sp³-hybridized carbons (Fsp3) is 0.500. The van der Waals surface area contributed by atoms with Crippen LogP contribution in [0.15, 0.2) is 30.3 Å². The number of anilines is 1. The van der Waals surface area contributed by atoms with E-state index < -0.39 is 37.2 Å². The van der Waals surface area contributed by atoms with Gasteiger partial charge in [0.2, 0.25) is 5.91 Å². The summed E-state index contributed by atoms with van der Waals surface area (Å²) in [5.41, 5.74) is 0.734. The minimum Gasteiger partial charge on any atom is -0.394 e. The second kappa shape index (κ2) is 6.86. The summed E-state index contributed by atoms with van der Waals surface area (Å²) in [6, 6.07) is 8.29. The number of aliphatic hydroxyl groups is 3. The van der Waals surface area contributed by atoms with Crippen molar-refractivity contribution < 1.29 is 24.9 Å². The number of aliphatic hydroxyl groups excluding tert-OH is 3. The lowest BCUT2D eigenvalue weighted by Crippen LogP contribution is -2.65. The van der Waals surface area contributed by atoms with Gasteiger partial charge in [-0.25, -0.2) is 0 Å². The first-order chi connectivity index (χ1) is 10.0. The van der Waals surface area contributed by atoms with E-state index in [1.54, 1.807) is 12.1 Å². The van der Waals surface area contributed by atoms with Gasteiger partial charge in [-0.15, -0.1) is 0 Å². The third-order valence-corrected chi connectivity index (χ3v) is 3.38. The smallest absolute Gasteiger partial charge is 0.217 e. The lowest BCUT2D eigenvalue weighted by molar-refractivity contribution is -0.188. The Morgan fingerprint density at radius 3 is 2.48 bits per heavy atom. The van der Waals surface area contributed by atoms with E-state index in [0.717, 1.165) is 5.69 Å². The summed E-state index contributed by atoms with van der Waals surface area (Å²) in [4.78, 5) is 11.3. The number of nitrogens with one attached hydrogen (secondary N) is 2. The minimum absolute atomic E-state index is 0.350. The Hall–Kier alpha value is -1.67. The van der Waals surface area contributed by atoms with Crippen LogP contribution >= 0.6 is 0 Å². The van der Waals surface area contributed by atoms with Gasteiger partial charge in [0, 0.05) is 12.6 Å². The zero-order chi connectivity index (χ0) is 15.4. The molecule has 5 atom stereocenters. The number of para-hydroxylation sites is 1. The second-order valence-corrected chi connectivity index (χ2v) is 5.00. The van der Waals surface area contributed by atoms with Crippen molar-refractivity contribution in [1.29, 1.82) is 0 Å². The molecule has 1 aliphatic rings. The molecular formula is C14H20N2O5. The Labute approximate surface area is 122 Å². The van der Waals surface area contributed by atoms with Gasteiger partial charge in [-0.3, -0.25) is 4.79 Å². The summed E-state index contributed by atoms with van der Waals surface area (Å²) >= 11 is 0. The van der Waals surface area contributed by atoms with Gasteiger partial charge in [-0.2, -0.15) is 0 Å². The van der Waals surface area contributed by atoms with Crippen molar-refractivity contribution >= 4 is 11.6 Å². The Morgan fingerprint density at radius 1 is 1.24 bits per heavy atom. The minimum atomic E-state index is -1.28. The third kappa shape index (κ3) is 3.70. The Balaban J connectivity index is 2.18. The number of amides is 1. The zero-order valence-electron chi connectivity index (χ0n) is 11.6. The van der Waals surface area contributed by atoms with Crippen LogP contribution < -0.4 is 10.6 Å². The normalized spacial score (nSPS) is 32.5. The van der Waals surface area contributed by atoms with E-state index in [0.29, 0.717) is 0 Å². The molecule has 116 valence electrons. The highest BCUT2D eigenvalue weighted by molar-refractivity contribution is 5.73. The van der Waals surface area contributed by atoms with Crippen LogP contribution in [-0.4, -0.2) is 58.4 Å². The summed E-state index contributed by atoms with van der Waals surface area (Å²) < 4.78 is 5.55. The fourth-order valence-electron chi connectivity index (χ4n) is 2.33. The highest BCUT2D eigenvalue weighted by atomic mass is 16.5. The van der Waals surface area contributed by atoms with Gasteiger partial charge in [0.05, 0.1) is 6.61 Å². The SMILES string of the molecule is CC(=O)NC1C(Nc2ccccc2)OC(CO)C(O)C1O. The van der Waals surface area contributed by atoms with Gasteiger partial charge in [0.1, 0.15) is 24.4 Å². The van der Waals surface area contributed by atoms with E-state index in [4.69, 9.17) is 4.74 Å². The molecule has 0 saturated carbocycles. The molecule has 1 aromatic carbocycles. The van der Waals surface area contributed by atoms with Crippen molar-refractivity contribution in [3.8, 4) is 0 Å². The largest absolute Gasteiger partial charge is 0.394 e. The van der Waals surface area contributed by atoms with Crippen LogP contribution in [0.4, 0.5) is 5.69 Å². The van der Waals surface area contributed by atoms with Gasteiger partial charge in [0.25, 0.3) is 0 Å². The number of hydrogen-bond donors (Lipinski definition) is 5. The van der Waals surface area contributed by atoms with E-state index in [-0.39, 0.29) is 5.91 Å². The number of hydrogen-bond acceptors (Lipinski definition) is 6. The predicted molar refractivity (Wildman–Crippen MR) is 75.4 cm³/mol. The molecule has 1 aromatic rings. The first-order valence-electron chi connectivity index (χ1n) is 6.74. The average Bonchev–Trinajstić information content (AvgIpc) is 2.47. The van der Waals surface area contributed by atoms with Crippen LogP contribution in [0, 0.1) is 0 Å². The molecule has 0 aromatic heterocycles. The van der Waals surface area contributed by atoms with Gasteiger partial charge >= 0.3 is 0 Å². The summed E-state index contributed by atoms with van der Waals surface area (Å²) in [6.45, 7) is 0.884. The van der Waals surface area contributed by atoms with Crippen molar-refractivity contribution in [2.24, 2.45) is 0 Å². The first kappa shape index (κ1) is 15.7. The number of benzene rings is 1. The zero-order valence-corrected chi connectivity index (χ0v) is 11.6. The topological polar surface area (TPSA) is 111 Å². The van der Waals surface area contributed by atoms with Gasteiger partial charge in [0.15, 0.2) is 6.23 Å². The van der Waals surface area contributed by atoms with Crippen molar-refractivity contribution in [2.75, 3.05) is 11.9 Å². The standard InChI is InChI=1S/C14H20N2O5/c1-8(18)15-11-13(20)12(19)10(7-17)21-14(11)16-9-5-3-2-4-6-9/h2-6,10-14,16-17,19-20H,7H2,1H3,(H,15,18). The summed E-state index contributed by atoms with van der Waals surface area (Å²) in [7, 11) is 0. The molecule has 5 N–H and O–H groups in total. The van der Waals surface area contributed by atoms with Crippen molar-refractivity contribution in [3.05, 3.63) is 30.3 Å². The van der Waals surface area contributed by atoms with Crippen molar-refractivity contribution in [2.45, 2.75) is 37.5 Å². The summed E-state index contributed by atoms with van der Waals surface area (Å²) in [5, 5.41) is 34.8. The monoisotopic (exact) mass is 296 g/mol. The Kier molecular flexibility index (Phi) is 5.13. The highest BCUT2D eigenvalue weighted by Gasteiger charge is 2.44. The molecule has 0 spiro atoms. The van der Waals surface area contributed by atoms with E-state index >= 15 is 0 Å². The van der Waals surface area contributed by atoms with Gasteiger partial charge < -0.3 is 30.7 Å². The molecule has 7 nitrogen and oxygen atoms in total.